The zero-order valence-electron chi connectivity index (χ0n) is 16.0. The Hall–Kier alpha value is -3.42. The molecular formula is C21H21F2N5O. The third-order valence-electron chi connectivity index (χ3n) is 4.82. The zero-order chi connectivity index (χ0) is 20.2. The first kappa shape index (κ1) is 18.9. The van der Waals surface area contributed by atoms with E-state index in [4.69, 9.17) is 4.74 Å². The highest BCUT2D eigenvalue weighted by Gasteiger charge is 2.21. The normalized spacial score (nSPS) is 14.0. The molecule has 1 aliphatic rings. The van der Waals surface area contributed by atoms with E-state index < -0.39 is 11.6 Å². The van der Waals surface area contributed by atoms with Gasteiger partial charge in [0.1, 0.15) is 11.6 Å². The molecule has 4 rings (SSSR count). The summed E-state index contributed by atoms with van der Waals surface area (Å²) in [5, 5.41) is 2.99. The lowest BCUT2D eigenvalue weighted by Gasteiger charge is -2.36. The van der Waals surface area contributed by atoms with Gasteiger partial charge < -0.3 is 19.9 Å². The number of methoxy groups -OCH3 is 1. The van der Waals surface area contributed by atoms with Crippen molar-refractivity contribution >= 4 is 23.1 Å². The molecule has 0 spiro atoms. The molecule has 0 bridgehead atoms. The monoisotopic (exact) mass is 397 g/mol. The van der Waals surface area contributed by atoms with E-state index in [1.165, 1.54) is 6.07 Å². The third-order valence-corrected chi connectivity index (χ3v) is 4.82. The van der Waals surface area contributed by atoms with Crippen LogP contribution in [0.25, 0.3) is 0 Å². The minimum Gasteiger partial charge on any atom is -0.495 e. The van der Waals surface area contributed by atoms with E-state index in [0.29, 0.717) is 17.5 Å². The second-order valence-electron chi connectivity index (χ2n) is 6.64. The van der Waals surface area contributed by atoms with Gasteiger partial charge in [0.15, 0.2) is 11.6 Å². The van der Waals surface area contributed by atoms with Crippen LogP contribution in [0.3, 0.4) is 0 Å². The van der Waals surface area contributed by atoms with Gasteiger partial charge in [-0.3, -0.25) is 0 Å². The standard InChI is InChI=1S/C21H21F2N5O/c1-29-19-5-3-2-4-18(19)27-10-12-28(13-11-27)21-24-9-8-20(26-21)25-15-6-7-16(22)17(23)14-15/h2-9,14H,10-13H2,1H3,(H,24,25,26). The predicted molar refractivity (Wildman–Crippen MR) is 109 cm³/mol. The molecule has 0 atom stereocenters. The lowest BCUT2D eigenvalue weighted by atomic mass is 10.2. The molecule has 29 heavy (non-hydrogen) atoms. The van der Waals surface area contributed by atoms with Gasteiger partial charge >= 0.3 is 0 Å². The first-order chi connectivity index (χ1) is 14.1. The number of anilines is 4. The molecule has 2 heterocycles. The molecule has 0 unspecified atom stereocenters. The highest BCUT2D eigenvalue weighted by molar-refractivity contribution is 5.60. The SMILES string of the molecule is COc1ccccc1N1CCN(c2nccc(Nc3ccc(F)c(F)c3)n2)CC1. The van der Waals surface area contributed by atoms with E-state index in [1.807, 2.05) is 18.2 Å². The van der Waals surface area contributed by atoms with Crippen molar-refractivity contribution in [1.29, 1.82) is 0 Å². The minimum absolute atomic E-state index is 0.426. The average molecular weight is 397 g/mol. The maximum absolute atomic E-state index is 13.4. The van der Waals surface area contributed by atoms with Crippen LogP contribution in [0.5, 0.6) is 5.75 Å². The van der Waals surface area contributed by atoms with Gasteiger partial charge in [-0.15, -0.1) is 0 Å². The lowest BCUT2D eigenvalue weighted by Crippen LogP contribution is -2.47. The molecule has 1 fully saturated rings. The fourth-order valence-corrected chi connectivity index (χ4v) is 3.33. The summed E-state index contributed by atoms with van der Waals surface area (Å²) in [6.07, 6.45) is 1.65. The number of nitrogens with one attached hydrogen (secondary N) is 1. The van der Waals surface area contributed by atoms with Crippen LogP contribution in [0.2, 0.25) is 0 Å². The number of piperazine rings is 1. The number of hydrogen-bond acceptors (Lipinski definition) is 6. The third kappa shape index (κ3) is 4.21. The molecule has 8 heteroatoms. The Morgan fingerprint density at radius 1 is 0.931 bits per heavy atom. The number of benzene rings is 2. The molecule has 0 aliphatic carbocycles. The van der Waals surface area contributed by atoms with Crippen molar-refractivity contribution in [3.05, 3.63) is 66.4 Å². The summed E-state index contributed by atoms with van der Waals surface area (Å²) < 4.78 is 32.0. The van der Waals surface area contributed by atoms with Gasteiger partial charge in [0.25, 0.3) is 0 Å². The van der Waals surface area contributed by atoms with E-state index in [-0.39, 0.29) is 0 Å². The number of aromatic nitrogens is 2. The second kappa shape index (κ2) is 8.30. The largest absolute Gasteiger partial charge is 0.495 e. The van der Waals surface area contributed by atoms with Crippen molar-refractivity contribution < 1.29 is 13.5 Å². The maximum Gasteiger partial charge on any atom is 0.227 e. The molecule has 3 aromatic rings. The number of hydrogen-bond donors (Lipinski definition) is 1. The van der Waals surface area contributed by atoms with Crippen LogP contribution >= 0.6 is 0 Å². The van der Waals surface area contributed by atoms with E-state index >= 15 is 0 Å². The zero-order valence-corrected chi connectivity index (χ0v) is 16.0. The van der Waals surface area contributed by atoms with Gasteiger partial charge in [-0.2, -0.15) is 4.98 Å². The van der Waals surface area contributed by atoms with Crippen LogP contribution in [-0.2, 0) is 0 Å². The molecule has 0 radical (unpaired) electrons. The summed E-state index contributed by atoms with van der Waals surface area (Å²) in [5.41, 5.74) is 1.50. The van der Waals surface area contributed by atoms with Crippen molar-refractivity contribution in [3.63, 3.8) is 0 Å². The Morgan fingerprint density at radius 3 is 2.45 bits per heavy atom. The number of para-hydroxylation sites is 2. The molecule has 1 saturated heterocycles. The Labute approximate surface area is 167 Å². The van der Waals surface area contributed by atoms with Crippen LogP contribution in [-0.4, -0.2) is 43.3 Å². The smallest absolute Gasteiger partial charge is 0.227 e. The van der Waals surface area contributed by atoms with E-state index in [1.54, 1.807) is 19.4 Å². The summed E-state index contributed by atoms with van der Waals surface area (Å²) >= 11 is 0. The van der Waals surface area contributed by atoms with Crippen molar-refractivity contribution in [2.45, 2.75) is 0 Å². The quantitative estimate of drug-likeness (QED) is 0.706. The first-order valence-corrected chi connectivity index (χ1v) is 9.32. The number of rotatable bonds is 5. The molecule has 2 aromatic carbocycles. The molecule has 1 aromatic heterocycles. The Balaban J connectivity index is 1.43. The molecule has 0 amide bonds. The minimum atomic E-state index is -0.906. The molecule has 0 saturated carbocycles. The van der Waals surface area contributed by atoms with Crippen molar-refractivity contribution in [2.75, 3.05) is 48.4 Å². The molecule has 1 aliphatic heterocycles. The Bertz CT molecular complexity index is 992. The van der Waals surface area contributed by atoms with Gasteiger partial charge in [-0.25, -0.2) is 13.8 Å². The Morgan fingerprint density at radius 2 is 1.69 bits per heavy atom. The lowest BCUT2D eigenvalue weighted by molar-refractivity contribution is 0.413. The van der Waals surface area contributed by atoms with E-state index in [9.17, 15) is 8.78 Å². The molecule has 6 nitrogen and oxygen atoms in total. The van der Waals surface area contributed by atoms with Crippen LogP contribution in [0.1, 0.15) is 0 Å². The van der Waals surface area contributed by atoms with Crippen LogP contribution in [0.4, 0.5) is 31.9 Å². The van der Waals surface area contributed by atoms with Gasteiger partial charge in [-0.1, -0.05) is 12.1 Å². The molecule has 1 N–H and O–H groups in total. The first-order valence-electron chi connectivity index (χ1n) is 9.32. The highest BCUT2D eigenvalue weighted by Crippen LogP contribution is 2.29. The van der Waals surface area contributed by atoms with Gasteiger partial charge in [-0.05, 0) is 30.3 Å². The van der Waals surface area contributed by atoms with Gasteiger partial charge in [0.05, 0.1) is 12.8 Å². The second-order valence-corrected chi connectivity index (χ2v) is 6.64. The fourth-order valence-electron chi connectivity index (χ4n) is 3.33. The maximum atomic E-state index is 13.4. The van der Waals surface area contributed by atoms with Crippen LogP contribution in [0, 0.1) is 11.6 Å². The number of halogens is 2. The van der Waals surface area contributed by atoms with Crippen molar-refractivity contribution in [3.8, 4) is 5.75 Å². The van der Waals surface area contributed by atoms with Crippen LogP contribution < -0.4 is 19.9 Å². The van der Waals surface area contributed by atoms with Crippen LogP contribution in [0.15, 0.2) is 54.7 Å². The number of ether oxygens (including phenoxy) is 1. The van der Waals surface area contributed by atoms with Gasteiger partial charge in [0.2, 0.25) is 5.95 Å². The Kier molecular flexibility index (Phi) is 5.41. The molecular weight excluding hydrogens is 376 g/mol. The summed E-state index contributed by atoms with van der Waals surface area (Å²) in [6.45, 7) is 3.13. The summed E-state index contributed by atoms with van der Waals surface area (Å²) in [5.74, 6) is 0.184. The van der Waals surface area contributed by atoms with Crippen molar-refractivity contribution in [1.82, 2.24) is 9.97 Å². The average Bonchev–Trinajstić information content (AvgIpc) is 2.76. The number of nitrogens with zero attached hydrogens (tertiary/aromatic N) is 4. The van der Waals surface area contributed by atoms with E-state index in [2.05, 4.69) is 31.2 Å². The fraction of sp³-hybridized carbons (Fsp3) is 0.238. The topological polar surface area (TPSA) is 53.5 Å². The van der Waals surface area contributed by atoms with E-state index in [0.717, 1.165) is 49.7 Å². The summed E-state index contributed by atoms with van der Waals surface area (Å²) in [6, 6.07) is 13.3. The molecule has 150 valence electrons. The summed E-state index contributed by atoms with van der Waals surface area (Å²) in [7, 11) is 1.68. The van der Waals surface area contributed by atoms with Crippen molar-refractivity contribution in [2.24, 2.45) is 0 Å². The highest BCUT2D eigenvalue weighted by atomic mass is 19.2. The van der Waals surface area contributed by atoms with Gasteiger partial charge in [0, 0.05) is 44.1 Å². The summed E-state index contributed by atoms with van der Waals surface area (Å²) in [4.78, 5) is 13.3. The predicted octanol–water partition coefficient (Wildman–Crippen LogP) is 3.83.